The summed E-state index contributed by atoms with van der Waals surface area (Å²) in [7, 11) is -4.12. The fourth-order valence-corrected chi connectivity index (χ4v) is 3.59. The Hall–Kier alpha value is -2.67. The normalized spacial score (nSPS) is 11.6. The van der Waals surface area contributed by atoms with Gasteiger partial charge in [0.15, 0.2) is 16.2 Å². The van der Waals surface area contributed by atoms with E-state index in [0.29, 0.717) is 17.7 Å². The second-order valence-electron chi connectivity index (χ2n) is 4.96. The molecule has 0 aliphatic rings. The van der Waals surface area contributed by atoms with Crippen LogP contribution < -0.4 is 10.4 Å². The van der Waals surface area contributed by atoms with E-state index in [-0.39, 0.29) is 10.5 Å². The second kappa shape index (κ2) is 6.09. The minimum Gasteiger partial charge on any atom is -0.490 e. The fraction of sp³-hybridized carbons (Fsp3) is 0.118. The molecule has 3 aromatic rings. The number of halogens is 1. The van der Waals surface area contributed by atoms with Gasteiger partial charge in [0.05, 0.1) is 11.5 Å². The van der Waals surface area contributed by atoms with Gasteiger partial charge in [0.1, 0.15) is 5.82 Å². The van der Waals surface area contributed by atoms with E-state index in [4.69, 9.17) is 9.15 Å². The van der Waals surface area contributed by atoms with Crippen LogP contribution in [0.25, 0.3) is 11.0 Å². The molecule has 124 valence electrons. The van der Waals surface area contributed by atoms with Crippen LogP contribution in [-0.2, 0) is 9.84 Å². The largest absolute Gasteiger partial charge is 0.490 e. The Bertz CT molecular complexity index is 1050. The third kappa shape index (κ3) is 2.78. The van der Waals surface area contributed by atoms with E-state index in [9.17, 15) is 17.6 Å². The summed E-state index contributed by atoms with van der Waals surface area (Å²) in [5, 5.41) is 0.418. The predicted molar refractivity (Wildman–Crippen MR) is 85.5 cm³/mol. The lowest BCUT2D eigenvalue weighted by Crippen LogP contribution is -2.14. The zero-order valence-corrected chi connectivity index (χ0v) is 13.5. The van der Waals surface area contributed by atoms with Gasteiger partial charge in [-0.05, 0) is 43.3 Å². The van der Waals surface area contributed by atoms with Gasteiger partial charge in [-0.25, -0.2) is 17.6 Å². The first-order chi connectivity index (χ1) is 11.4. The maximum atomic E-state index is 13.0. The summed E-state index contributed by atoms with van der Waals surface area (Å²) < 4.78 is 48.8. The van der Waals surface area contributed by atoms with Crippen molar-refractivity contribution in [2.45, 2.75) is 16.7 Å². The molecule has 1 aromatic heterocycles. The third-order valence-electron chi connectivity index (χ3n) is 3.41. The van der Waals surface area contributed by atoms with Crippen molar-refractivity contribution in [2.24, 2.45) is 0 Å². The number of fused-ring (bicyclic) bond motifs is 1. The van der Waals surface area contributed by atoms with Crippen LogP contribution in [0.2, 0.25) is 0 Å². The van der Waals surface area contributed by atoms with Crippen LogP contribution in [-0.4, -0.2) is 15.0 Å². The van der Waals surface area contributed by atoms with Gasteiger partial charge in [0.25, 0.3) is 0 Å². The Labute approximate surface area is 137 Å². The molecular formula is C17H13FO5S. The van der Waals surface area contributed by atoms with E-state index in [0.717, 1.165) is 24.3 Å². The Morgan fingerprint density at radius 1 is 1.12 bits per heavy atom. The first kappa shape index (κ1) is 16.2. The minimum atomic E-state index is -4.12. The van der Waals surface area contributed by atoms with Crippen LogP contribution in [0.15, 0.2) is 67.5 Å². The number of sulfone groups is 1. The van der Waals surface area contributed by atoms with Gasteiger partial charge in [0.2, 0.25) is 9.84 Å². The molecule has 1 heterocycles. The van der Waals surface area contributed by atoms with Crippen molar-refractivity contribution in [1.29, 1.82) is 0 Å². The molecule has 5 nitrogen and oxygen atoms in total. The van der Waals surface area contributed by atoms with Crippen LogP contribution >= 0.6 is 0 Å². The Morgan fingerprint density at radius 2 is 1.83 bits per heavy atom. The van der Waals surface area contributed by atoms with Crippen molar-refractivity contribution in [3.8, 4) is 5.75 Å². The molecule has 0 radical (unpaired) electrons. The van der Waals surface area contributed by atoms with Crippen molar-refractivity contribution in [3.05, 3.63) is 64.8 Å². The molecule has 0 N–H and O–H groups in total. The molecule has 24 heavy (non-hydrogen) atoms. The van der Waals surface area contributed by atoms with E-state index in [1.54, 1.807) is 25.1 Å². The van der Waals surface area contributed by atoms with E-state index in [1.165, 1.54) is 6.07 Å². The Morgan fingerprint density at radius 3 is 2.50 bits per heavy atom. The van der Waals surface area contributed by atoms with Gasteiger partial charge in [-0.1, -0.05) is 12.1 Å². The smallest absolute Gasteiger partial charge is 0.355 e. The molecule has 0 bridgehead atoms. The molecular weight excluding hydrogens is 335 g/mol. The van der Waals surface area contributed by atoms with Crippen LogP contribution in [0.1, 0.15) is 6.92 Å². The highest BCUT2D eigenvalue weighted by atomic mass is 32.2. The first-order valence-electron chi connectivity index (χ1n) is 7.14. The minimum absolute atomic E-state index is 0.183. The summed E-state index contributed by atoms with van der Waals surface area (Å²) in [6, 6.07) is 10.4. The zero-order chi connectivity index (χ0) is 17.3. The van der Waals surface area contributed by atoms with Crippen LogP contribution in [0, 0.1) is 5.82 Å². The summed E-state index contributed by atoms with van der Waals surface area (Å²) in [5.41, 5.74) is -0.818. The Balaban J connectivity index is 2.22. The van der Waals surface area contributed by atoms with Gasteiger partial charge < -0.3 is 9.15 Å². The number of hydrogen-bond acceptors (Lipinski definition) is 5. The fourth-order valence-electron chi connectivity index (χ4n) is 2.30. The number of ether oxygens (including phenoxy) is 1. The summed E-state index contributed by atoms with van der Waals surface area (Å²) in [6.45, 7) is 2.16. The summed E-state index contributed by atoms with van der Waals surface area (Å²) in [4.78, 5) is 11.5. The molecule has 2 aromatic carbocycles. The maximum absolute atomic E-state index is 13.0. The number of benzene rings is 2. The van der Waals surface area contributed by atoms with Gasteiger partial charge in [-0.2, -0.15) is 0 Å². The van der Waals surface area contributed by atoms with Crippen molar-refractivity contribution in [1.82, 2.24) is 0 Å². The van der Waals surface area contributed by atoms with Crippen molar-refractivity contribution >= 4 is 20.8 Å². The van der Waals surface area contributed by atoms with Crippen LogP contribution in [0.3, 0.4) is 0 Å². The third-order valence-corrected chi connectivity index (χ3v) is 5.16. The molecule has 0 atom stereocenters. The average molecular weight is 348 g/mol. The van der Waals surface area contributed by atoms with Gasteiger partial charge >= 0.3 is 5.63 Å². The van der Waals surface area contributed by atoms with Crippen molar-refractivity contribution in [2.75, 3.05) is 6.61 Å². The number of rotatable bonds is 4. The number of para-hydroxylation sites is 1. The second-order valence-corrected chi connectivity index (χ2v) is 6.88. The molecule has 0 aliphatic carbocycles. The van der Waals surface area contributed by atoms with E-state index < -0.39 is 26.2 Å². The topological polar surface area (TPSA) is 73.6 Å². The molecule has 7 heteroatoms. The lowest BCUT2D eigenvalue weighted by Gasteiger charge is -2.08. The van der Waals surface area contributed by atoms with Crippen LogP contribution in [0.5, 0.6) is 5.75 Å². The molecule has 0 unspecified atom stereocenters. The molecule has 3 rings (SSSR count). The highest BCUT2D eigenvalue weighted by Crippen LogP contribution is 2.27. The SMILES string of the molecule is CCOc1cccc2cc(S(=O)(=O)c3ccc(F)cc3)c(=O)oc12. The van der Waals surface area contributed by atoms with Gasteiger partial charge in [-0.15, -0.1) is 0 Å². The molecule has 0 saturated heterocycles. The lowest BCUT2D eigenvalue weighted by atomic mass is 10.2. The quantitative estimate of drug-likeness (QED) is 0.535. The van der Waals surface area contributed by atoms with E-state index in [1.807, 2.05) is 0 Å². The van der Waals surface area contributed by atoms with Gasteiger partial charge in [0, 0.05) is 5.39 Å². The first-order valence-corrected chi connectivity index (χ1v) is 8.62. The number of hydrogen-bond donors (Lipinski definition) is 0. The highest BCUT2D eigenvalue weighted by molar-refractivity contribution is 7.91. The Kier molecular flexibility index (Phi) is 4.11. The maximum Gasteiger partial charge on any atom is 0.355 e. The molecule has 0 aliphatic heterocycles. The molecule has 0 saturated carbocycles. The summed E-state index contributed by atoms with van der Waals surface area (Å²) >= 11 is 0. The zero-order valence-electron chi connectivity index (χ0n) is 12.7. The molecule has 0 spiro atoms. The molecule has 0 fully saturated rings. The molecule has 0 amide bonds. The monoisotopic (exact) mass is 348 g/mol. The summed E-state index contributed by atoms with van der Waals surface area (Å²) in [5.74, 6) is -0.210. The van der Waals surface area contributed by atoms with Crippen molar-refractivity contribution in [3.63, 3.8) is 0 Å². The average Bonchev–Trinajstić information content (AvgIpc) is 2.55. The standard InChI is InChI=1S/C17H13FO5S/c1-2-22-14-5-3-4-11-10-15(17(19)23-16(11)14)24(20,21)13-8-6-12(18)7-9-13/h3-10H,2H2,1H3. The van der Waals surface area contributed by atoms with Crippen LogP contribution in [0.4, 0.5) is 4.39 Å². The predicted octanol–water partition coefficient (Wildman–Crippen LogP) is 3.16. The van der Waals surface area contributed by atoms with Crippen molar-refractivity contribution < 1.29 is 22.0 Å². The van der Waals surface area contributed by atoms with E-state index >= 15 is 0 Å². The summed E-state index contributed by atoms with van der Waals surface area (Å²) in [6.07, 6.45) is 0. The lowest BCUT2D eigenvalue weighted by molar-refractivity contribution is 0.336. The van der Waals surface area contributed by atoms with Gasteiger partial charge in [-0.3, -0.25) is 0 Å². The van der Waals surface area contributed by atoms with E-state index in [2.05, 4.69) is 0 Å². The highest BCUT2D eigenvalue weighted by Gasteiger charge is 2.24.